The lowest BCUT2D eigenvalue weighted by Crippen LogP contribution is -2.26. The molecule has 7 aromatic rings. The maximum Gasteiger partial charge on any atom is 0.390 e. The molecule has 0 saturated heterocycles. The standard InChI is InChI=1S/C27H25F3N4O2.C21H20BrF3N4O/c1-17-13-19(9-10-22(17)26(35)33-18-7-8-18)34-16-32-25-23(31-12-11-27(28,29)30)14-21(15-24(25)34)36-20-5-3-2-4-6-20;1-12-8-15(4-5-16(12)20(30)28-14-2-3-14)29-11-27-19-17(9-13(22)10-18(19)29)26-7-6-21(23,24)25/h2-6,9-10,13-16,18,31H,7-8,11-12H2,1H3,(H,33,35);4-5,8-11,14,26H,2-3,6-7H2,1H3,(H,28,30). The second-order valence-corrected chi connectivity index (χ2v) is 17.3. The van der Waals surface area contributed by atoms with Crippen molar-refractivity contribution in [2.75, 3.05) is 23.7 Å². The first-order valence-corrected chi connectivity index (χ1v) is 22.1. The summed E-state index contributed by atoms with van der Waals surface area (Å²) in [7, 11) is 0. The minimum absolute atomic E-state index is 0.0732. The normalized spacial score (nSPS) is 13.8. The third-order valence-corrected chi connectivity index (χ3v) is 11.4. The SMILES string of the molecule is Cc1cc(-n2cnc3c(NCCC(F)(F)F)cc(Br)cc32)ccc1C(=O)NC1CC1.Cc1cc(-n2cnc3c(NCCC(F)(F)F)cc(Oc4ccccc4)cc32)ccc1C(=O)NC1CC1. The Morgan fingerprint density at radius 1 is 0.636 bits per heavy atom. The van der Waals surface area contributed by atoms with E-state index in [-0.39, 0.29) is 37.0 Å². The maximum atomic E-state index is 12.8. The third-order valence-electron chi connectivity index (χ3n) is 11.0. The van der Waals surface area contributed by atoms with Crippen molar-refractivity contribution in [2.24, 2.45) is 0 Å². The highest BCUT2D eigenvalue weighted by Gasteiger charge is 2.29. The van der Waals surface area contributed by atoms with E-state index in [0.29, 0.717) is 50.6 Å². The molecule has 0 bridgehead atoms. The van der Waals surface area contributed by atoms with Gasteiger partial charge in [-0.05, 0) is 111 Å². The number of ether oxygens (including phenoxy) is 1. The molecule has 2 heterocycles. The molecule has 0 atom stereocenters. The lowest BCUT2D eigenvalue weighted by atomic mass is 10.1. The first-order chi connectivity index (χ1) is 31.5. The zero-order valence-corrected chi connectivity index (χ0v) is 37.4. The van der Waals surface area contributed by atoms with Gasteiger partial charge >= 0.3 is 12.4 Å². The fourth-order valence-electron chi connectivity index (χ4n) is 7.30. The first-order valence-electron chi connectivity index (χ1n) is 21.3. The summed E-state index contributed by atoms with van der Waals surface area (Å²) < 4.78 is 86.1. The molecule has 2 aliphatic rings. The highest BCUT2D eigenvalue weighted by atomic mass is 79.9. The summed E-state index contributed by atoms with van der Waals surface area (Å²) in [6.45, 7) is 3.24. The summed E-state index contributed by atoms with van der Waals surface area (Å²) in [6, 6.07) is 27.8. The first kappa shape index (κ1) is 46.0. The Morgan fingerprint density at radius 3 is 1.56 bits per heavy atom. The number of alkyl halides is 6. The number of nitrogens with zero attached hydrogens (tertiary/aromatic N) is 4. The van der Waals surface area contributed by atoms with Gasteiger partial charge in [-0.1, -0.05) is 34.1 Å². The zero-order valence-electron chi connectivity index (χ0n) is 35.8. The molecule has 9 rings (SSSR count). The number of carbonyl (C=O) groups excluding carboxylic acids is 2. The minimum Gasteiger partial charge on any atom is -0.457 e. The predicted molar refractivity (Wildman–Crippen MR) is 245 cm³/mol. The van der Waals surface area contributed by atoms with Crippen LogP contribution in [-0.4, -0.2) is 68.4 Å². The van der Waals surface area contributed by atoms with Crippen LogP contribution >= 0.6 is 15.9 Å². The number of rotatable bonds is 14. The molecule has 4 N–H and O–H groups in total. The van der Waals surface area contributed by atoms with Crippen LogP contribution in [0.3, 0.4) is 0 Å². The fourth-order valence-corrected chi connectivity index (χ4v) is 7.75. The van der Waals surface area contributed by atoms with Crippen LogP contribution in [0.1, 0.15) is 70.4 Å². The topological polar surface area (TPSA) is 127 Å². The van der Waals surface area contributed by atoms with Crippen molar-refractivity contribution in [1.82, 2.24) is 29.7 Å². The van der Waals surface area contributed by atoms with E-state index in [4.69, 9.17) is 4.74 Å². The summed E-state index contributed by atoms with van der Waals surface area (Å²) in [6.07, 6.45) is -3.07. The van der Waals surface area contributed by atoms with Crippen LogP contribution in [-0.2, 0) is 0 Å². The number of halogens is 7. The van der Waals surface area contributed by atoms with Gasteiger partial charge in [0.2, 0.25) is 0 Å². The number of hydrogen-bond acceptors (Lipinski definition) is 7. The Kier molecular flexibility index (Phi) is 13.3. The van der Waals surface area contributed by atoms with Crippen molar-refractivity contribution in [1.29, 1.82) is 0 Å². The van der Waals surface area contributed by atoms with Crippen LogP contribution < -0.4 is 26.0 Å². The van der Waals surface area contributed by atoms with Gasteiger partial charge in [-0.2, -0.15) is 26.3 Å². The van der Waals surface area contributed by atoms with E-state index in [1.165, 1.54) is 0 Å². The summed E-state index contributed by atoms with van der Waals surface area (Å²) in [4.78, 5) is 33.8. The van der Waals surface area contributed by atoms with E-state index >= 15 is 0 Å². The van der Waals surface area contributed by atoms with Crippen molar-refractivity contribution in [2.45, 2.75) is 76.8 Å². The van der Waals surface area contributed by atoms with Crippen LogP contribution in [0.5, 0.6) is 11.5 Å². The largest absolute Gasteiger partial charge is 0.457 e. The molecule has 0 unspecified atom stereocenters. The van der Waals surface area contributed by atoms with E-state index in [1.54, 1.807) is 55.1 Å². The van der Waals surface area contributed by atoms with Crippen molar-refractivity contribution in [3.63, 3.8) is 0 Å². The van der Waals surface area contributed by atoms with Crippen molar-refractivity contribution in [3.8, 4) is 22.9 Å². The van der Waals surface area contributed by atoms with Crippen LogP contribution in [0.15, 0.2) is 108 Å². The van der Waals surface area contributed by atoms with Gasteiger partial charge in [-0.15, -0.1) is 0 Å². The van der Waals surface area contributed by atoms with Gasteiger partial charge in [0, 0.05) is 64.3 Å². The number of amides is 2. The fraction of sp³-hybridized carbons (Fsp3) is 0.292. The van der Waals surface area contributed by atoms with Crippen LogP contribution in [0.25, 0.3) is 33.4 Å². The molecular weight excluding hydrogens is 930 g/mol. The number of carbonyl (C=O) groups is 2. The van der Waals surface area contributed by atoms with E-state index in [2.05, 4.69) is 47.2 Å². The molecule has 5 aromatic carbocycles. The number of nitrogens with one attached hydrogen (secondary N) is 4. The Balaban J connectivity index is 0.000000182. The molecule has 0 aliphatic heterocycles. The van der Waals surface area contributed by atoms with Gasteiger partial charge in [-0.3, -0.25) is 18.7 Å². The van der Waals surface area contributed by atoms with Crippen LogP contribution in [0.4, 0.5) is 37.7 Å². The van der Waals surface area contributed by atoms with Gasteiger partial charge in [0.05, 0.1) is 35.2 Å². The molecule has 18 heteroatoms. The molecule has 2 fully saturated rings. The number of para-hydroxylation sites is 1. The van der Waals surface area contributed by atoms with Crippen molar-refractivity contribution in [3.05, 3.63) is 130 Å². The van der Waals surface area contributed by atoms with Crippen molar-refractivity contribution < 1.29 is 40.7 Å². The Morgan fingerprint density at radius 2 is 1.11 bits per heavy atom. The quantitative estimate of drug-likeness (QED) is 0.0799. The Labute approximate surface area is 384 Å². The summed E-state index contributed by atoms with van der Waals surface area (Å²) in [5, 5.41) is 11.7. The maximum absolute atomic E-state index is 12.8. The zero-order chi connectivity index (χ0) is 46.8. The van der Waals surface area contributed by atoms with Gasteiger partial charge in [0.15, 0.2) is 0 Å². The van der Waals surface area contributed by atoms with Gasteiger partial charge < -0.3 is 26.0 Å². The highest BCUT2D eigenvalue weighted by molar-refractivity contribution is 9.10. The summed E-state index contributed by atoms with van der Waals surface area (Å²) in [5.74, 6) is 0.899. The van der Waals surface area contributed by atoms with Crippen molar-refractivity contribution >= 4 is 61.2 Å². The molecule has 0 radical (unpaired) electrons. The van der Waals surface area contributed by atoms with E-state index in [1.807, 2.05) is 71.5 Å². The summed E-state index contributed by atoms with van der Waals surface area (Å²) in [5.41, 5.74) is 7.95. The molecule has 2 aromatic heterocycles. The Hall–Kier alpha value is -6.56. The summed E-state index contributed by atoms with van der Waals surface area (Å²) >= 11 is 3.42. The monoisotopic (exact) mass is 974 g/mol. The molecule has 66 heavy (non-hydrogen) atoms. The highest BCUT2D eigenvalue weighted by Crippen LogP contribution is 2.35. The van der Waals surface area contributed by atoms with Crippen LogP contribution in [0, 0.1) is 13.8 Å². The van der Waals surface area contributed by atoms with E-state index < -0.39 is 25.2 Å². The molecule has 344 valence electrons. The second kappa shape index (κ2) is 19.1. The van der Waals surface area contributed by atoms with Gasteiger partial charge in [0.25, 0.3) is 11.8 Å². The van der Waals surface area contributed by atoms with Crippen LogP contribution in [0.2, 0.25) is 0 Å². The molecular formula is C48H45BrF6N8O3. The molecule has 0 spiro atoms. The number of benzene rings is 5. The minimum atomic E-state index is -4.27. The number of aromatic nitrogens is 4. The smallest absolute Gasteiger partial charge is 0.390 e. The number of fused-ring (bicyclic) bond motifs is 2. The Bertz CT molecular complexity index is 2890. The second-order valence-electron chi connectivity index (χ2n) is 16.4. The molecule has 11 nitrogen and oxygen atoms in total. The molecule has 2 amide bonds. The average Bonchev–Trinajstić information content (AvgIpc) is 4.17. The molecule has 2 aliphatic carbocycles. The number of imidazole rings is 2. The lowest BCUT2D eigenvalue weighted by molar-refractivity contribution is -0.132. The average molecular weight is 976 g/mol. The number of hydrogen-bond donors (Lipinski definition) is 4. The third kappa shape index (κ3) is 11.6. The van der Waals surface area contributed by atoms with E-state index in [9.17, 15) is 35.9 Å². The van der Waals surface area contributed by atoms with Gasteiger partial charge in [-0.25, -0.2) is 9.97 Å². The van der Waals surface area contributed by atoms with E-state index in [0.717, 1.165) is 58.2 Å². The molecule has 2 saturated carbocycles. The number of anilines is 2. The lowest BCUT2D eigenvalue weighted by Gasteiger charge is -2.14. The van der Waals surface area contributed by atoms with Gasteiger partial charge in [0.1, 0.15) is 35.2 Å². The predicted octanol–water partition coefficient (Wildman–Crippen LogP) is 11.7. The number of aryl methyl sites for hydroxylation is 2.